The molecule has 1 aromatic carbocycles. The topological polar surface area (TPSA) is 116 Å². The fourth-order valence-electron chi connectivity index (χ4n) is 7.07. The van der Waals surface area contributed by atoms with Crippen LogP contribution in [-0.4, -0.2) is 77.4 Å². The number of carbonyl (C=O) groups is 1. The van der Waals surface area contributed by atoms with Crippen LogP contribution < -0.4 is 21.1 Å². The van der Waals surface area contributed by atoms with Gasteiger partial charge in [-0.2, -0.15) is 0 Å². The van der Waals surface area contributed by atoms with Gasteiger partial charge in [-0.3, -0.25) is 9.78 Å². The summed E-state index contributed by atoms with van der Waals surface area (Å²) in [6.45, 7) is 2.65. The van der Waals surface area contributed by atoms with Crippen molar-refractivity contribution in [1.82, 2.24) is 19.5 Å². The molecule has 3 aliphatic rings. The molecular formula is C30H29ClFN7O3. The maximum Gasteiger partial charge on any atom is 0.341 e. The predicted molar refractivity (Wildman–Crippen MR) is 161 cm³/mol. The van der Waals surface area contributed by atoms with Gasteiger partial charge in [0.2, 0.25) is 5.43 Å². The van der Waals surface area contributed by atoms with Gasteiger partial charge in [0.15, 0.2) is 5.65 Å². The van der Waals surface area contributed by atoms with E-state index in [0.717, 1.165) is 48.7 Å². The van der Waals surface area contributed by atoms with E-state index < -0.39 is 17.2 Å². The van der Waals surface area contributed by atoms with E-state index in [4.69, 9.17) is 16.6 Å². The fraction of sp³-hybridized carbons (Fsp3) is 0.333. The molecule has 0 amide bonds. The maximum absolute atomic E-state index is 16.0. The minimum absolute atomic E-state index is 0.0309. The number of carboxylic acid groups (broad SMARTS) is 1. The molecule has 3 N–H and O–H groups in total. The summed E-state index contributed by atoms with van der Waals surface area (Å²) in [5.74, 6) is -1.34. The van der Waals surface area contributed by atoms with Crippen LogP contribution in [0.5, 0.6) is 0 Å². The third-order valence-electron chi connectivity index (χ3n) is 8.96. The molecule has 2 fully saturated rings. The first kappa shape index (κ1) is 26.7. The summed E-state index contributed by atoms with van der Waals surface area (Å²) in [6.07, 6.45) is 6.11. The molecule has 2 atom stereocenters. The van der Waals surface area contributed by atoms with E-state index in [2.05, 4.69) is 32.6 Å². The van der Waals surface area contributed by atoms with Gasteiger partial charge in [-0.25, -0.2) is 18.8 Å². The van der Waals surface area contributed by atoms with Crippen LogP contribution in [0.3, 0.4) is 0 Å². The van der Waals surface area contributed by atoms with Gasteiger partial charge in [0, 0.05) is 92.7 Å². The zero-order chi connectivity index (χ0) is 29.4. The molecular weight excluding hydrogens is 561 g/mol. The molecule has 12 heteroatoms. The Morgan fingerprint density at radius 2 is 1.98 bits per heavy atom. The lowest BCUT2D eigenvalue weighted by atomic mass is 9.96. The molecule has 42 heavy (non-hydrogen) atoms. The molecule has 5 heterocycles. The van der Waals surface area contributed by atoms with Crippen molar-refractivity contribution in [1.29, 1.82) is 0 Å². The van der Waals surface area contributed by atoms with Crippen LogP contribution in [-0.2, 0) is 6.42 Å². The van der Waals surface area contributed by atoms with E-state index in [0.29, 0.717) is 40.2 Å². The first-order valence-electron chi connectivity index (χ1n) is 13.8. The van der Waals surface area contributed by atoms with Gasteiger partial charge >= 0.3 is 5.97 Å². The lowest BCUT2D eigenvalue weighted by molar-refractivity contribution is 0.0695. The first-order valence-corrected chi connectivity index (χ1v) is 14.2. The Morgan fingerprint density at radius 1 is 1.17 bits per heavy atom. The minimum Gasteiger partial charge on any atom is -0.477 e. The smallest absolute Gasteiger partial charge is 0.341 e. The lowest BCUT2D eigenvalue weighted by Gasteiger charge is -2.31. The SMILES string of the molecule is CNc1cc(Cl)c(F)c2c1Cc1ncc(-c3cnc4c(c3)c(=O)c(C(=O)O)cn4NC)c(N3CC[C@H]4CN(C)CC43)c1-2. The number of anilines is 2. The maximum atomic E-state index is 16.0. The summed E-state index contributed by atoms with van der Waals surface area (Å²) in [5, 5.41) is 13.0. The standard InChI is InChI=1S/C30H29ClFN7O3/c1-33-21-8-20(31)26(32)24-16(21)7-22-25(24)27(38-5-4-14-11-37(3)13-23(14)38)18(10-35-22)15-6-17-28(40)19(30(41)42)12-39(34-2)29(17)36-9-15/h6,8-10,12,14,23,33-34H,4-5,7,11,13H2,1-3H3,(H,41,42)/t14-,23?/m0/s1. The van der Waals surface area contributed by atoms with Crippen LogP contribution in [0.2, 0.25) is 5.02 Å². The van der Waals surface area contributed by atoms with Crippen LogP contribution in [0.4, 0.5) is 15.8 Å². The molecule has 0 spiro atoms. The Hall–Kier alpha value is -4.22. The van der Waals surface area contributed by atoms with E-state index >= 15 is 4.39 Å². The number of pyridine rings is 3. The quantitative estimate of drug-likeness (QED) is 0.281. The Bertz CT molecular complexity index is 1880. The van der Waals surface area contributed by atoms with Gasteiger partial charge in [0.1, 0.15) is 11.4 Å². The highest BCUT2D eigenvalue weighted by atomic mass is 35.5. The average Bonchev–Trinajstić information content (AvgIpc) is 3.66. The van der Waals surface area contributed by atoms with Crippen molar-refractivity contribution in [2.75, 3.05) is 56.4 Å². The highest BCUT2D eigenvalue weighted by Crippen LogP contribution is 2.52. The number of fused-ring (bicyclic) bond motifs is 5. The van der Waals surface area contributed by atoms with Gasteiger partial charge in [-0.1, -0.05) is 11.6 Å². The molecule has 0 radical (unpaired) electrons. The van der Waals surface area contributed by atoms with Gasteiger partial charge in [0.05, 0.1) is 21.8 Å². The van der Waals surface area contributed by atoms with Crippen LogP contribution in [0, 0.1) is 11.7 Å². The summed E-state index contributed by atoms with van der Waals surface area (Å²) in [5.41, 5.74) is 7.78. The Balaban J connectivity index is 1.52. The minimum atomic E-state index is -1.33. The molecule has 10 nitrogen and oxygen atoms in total. The second-order valence-corrected chi connectivity index (χ2v) is 11.6. The summed E-state index contributed by atoms with van der Waals surface area (Å²) in [6, 6.07) is 3.50. The number of carboxylic acids is 1. The average molecular weight is 590 g/mol. The van der Waals surface area contributed by atoms with Crippen LogP contribution in [0.25, 0.3) is 33.3 Å². The number of rotatable bonds is 5. The van der Waals surface area contributed by atoms with Crippen molar-refractivity contribution in [3.8, 4) is 22.3 Å². The van der Waals surface area contributed by atoms with Crippen LogP contribution >= 0.6 is 11.6 Å². The largest absolute Gasteiger partial charge is 0.477 e. The number of likely N-dealkylation sites (N-methyl/N-ethyl adjacent to an activating group) is 1. The summed E-state index contributed by atoms with van der Waals surface area (Å²) in [7, 11) is 5.52. The Morgan fingerprint density at radius 3 is 2.71 bits per heavy atom. The van der Waals surface area contributed by atoms with Gasteiger partial charge in [-0.05, 0) is 37.1 Å². The number of likely N-dealkylation sites (tertiary alicyclic amines) is 1. The zero-order valence-corrected chi connectivity index (χ0v) is 24.1. The van der Waals surface area contributed by atoms with Crippen molar-refractivity contribution < 1.29 is 14.3 Å². The molecule has 1 unspecified atom stereocenters. The Kier molecular flexibility index (Phi) is 6.14. The number of hydrogen-bond donors (Lipinski definition) is 3. The number of nitrogens with one attached hydrogen (secondary N) is 2. The summed E-state index contributed by atoms with van der Waals surface area (Å²) in [4.78, 5) is 39.2. The number of benzene rings is 1. The van der Waals surface area contributed by atoms with E-state index in [9.17, 15) is 14.7 Å². The third-order valence-corrected chi connectivity index (χ3v) is 9.24. The zero-order valence-electron chi connectivity index (χ0n) is 23.3. The second kappa shape index (κ2) is 9.67. The van der Waals surface area contributed by atoms with Crippen LogP contribution in [0.1, 0.15) is 28.0 Å². The summed E-state index contributed by atoms with van der Waals surface area (Å²) >= 11 is 6.41. The molecule has 3 aromatic heterocycles. The van der Waals surface area contributed by atoms with Crippen molar-refractivity contribution >= 4 is 40.0 Å². The molecule has 2 saturated heterocycles. The van der Waals surface area contributed by atoms with Crippen molar-refractivity contribution in [3.05, 3.63) is 68.6 Å². The second-order valence-electron chi connectivity index (χ2n) is 11.2. The molecule has 7 rings (SSSR count). The summed E-state index contributed by atoms with van der Waals surface area (Å²) < 4.78 is 17.4. The molecule has 1 aliphatic carbocycles. The first-order chi connectivity index (χ1) is 20.2. The van der Waals surface area contributed by atoms with Gasteiger partial charge in [-0.15, -0.1) is 0 Å². The van der Waals surface area contributed by atoms with Crippen molar-refractivity contribution in [2.45, 2.75) is 18.9 Å². The number of aromatic nitrogens is 3. The van der Waals surface area contributed by atoms with E-state index in [1.54, 1.807) is 38.6 Å². The van der Waals surface area contributed by atoms with Crippen LogP contribution in [0.15, 0.2) is 35.5 Å². The predicted octanol–water partition coefficient (Wildman–Crippen LogP) is 3.88. The van der Waals surface area contributed by atoms with Crippen molar-refractivity contribution in [3.63, 3.8) is 0 Å². The normalized spacial score (nSPS) is 19.2. The van der Waals surface area contributed by atoms with E-state index in [-0.39, 0.29) is 22.0 Å². The third kappa shape index (κ3) is 3.80. The number of hydrogen-bond acceptors (Lipinski definition) is 8. The number of nitrogens with zero attached hydrogens (tertiary/aromatic N) is 5. The molecule has 2 aliphatic heterocycles. The number of aromatic carboxylic acids is 1. The van der Waals surface area contributed by atoms with Gasteiger partial charge < -0.3 is 25.6 Å². The van der Waals surface area contributed by atoms with Gasteiger partial charge in [0.25, 0.3) is 0 Å². The molecule has 0 bridgehead atoms. The van der Waals surface area contributed by atoms with E-state index in [1.807, 2.05) is 0 Å². The monoisotopic (exact) mass is 589 g/mol. The Labute approximate surface area is 245 Å². The lowest BCUT2D eigenvalue weighted by Crippen LogP contribution is -2.35. The fourth-order valence-corrected chi connectivity index (χ4v) is 7.28. The highest BCUT2D eigenvalue weighted by Gasteiger charge is 2.43. The van der Waals surface area contributed by atoms with Crippen molar-refractivity contribution in [2.24, 2.45) is 5.92 Å². The highest BCUT2D eigenvalue weighted by molar-refractivity contribution is 6.31. The number of halogens is 2. The molecule has 216 valence electrons. The molecule has 4 aromatic rings. The van der Waals surface area contributed by atoms with E-state index in [1.165, 1.54) is 10.9 Å². The molecule has 0 saturated carbocycles.